The van der Waals surface area contributed by atoms with Gasteiger partial charge in [-0.05, 0) is 42.3 Å². The number of aliphatic hydroxyl groups is 1. The quantitative estimate of drug-likeness (QED) is 0.592. The van der Waals surface area contributed by atoms with Gasteiger partial charge in [-0.25, -0.2) is 4.98 Å². The second kappa shape index (κ2) is 4.99. The molecule has 6 nitrogen and oxygen atoms in total. The lowest BCUT2D eigenvalue weighted by Crippen LogP contribution is -2.03. The zero-order valence-corrected chi connectivity index (χ0v) is 11.3. The highest BCUT2D eigenvalue weighted by Gasteiger charge is 2.16. The highest BCUT2D eigenvalue weighted by molar-refractivity contribution is 5.45. The van der Waals surface area contributed by atoms with Gasteiger partial charge in [0.1, 0.15) is 11.8 Å². The molecule has 1 atom stereocenters. The van der Waals surface area contributed by atoms with Crippen molar-refractivity contribution in [3.05, 3.63) is 75.7 Å². The zero-order chi connectivity index (χ0) is 15.0. The van der Waals surface area contributed by atoms with Crippen molar-refractivity contribution in [3.63, 3.8) is 0 Å². The lowest BCUT2D eigenvalue weighted by atomic mass is 10.1. The van der Waals surface area contributed by atoms with Crippen LogP contribution >= 0.6 is 0 Å². The average Bonchev–Trinajstić information content (AvgIpc) is 2.89. The number of nitro groups is 1. The van der Waals surface area contributed by atoms with Crippen LogP contribution in [-0.4, -0.2) is 19.4 Å². The lowest BCUT2D eigenvalue weighted by molar-refractivity contribution is -0.384. The van der Waals surface area contributed by atoms with Crippen molar-refractivity contribution in [1.82, 2.24) is 9.38 Å². The van der Waals surface area contributed by atoms with E-state index in [1.807, 2.05) is 25.3 Å². The maximum absolute atomic E-state index is 10.6. The summed E-state index contributed by atoms with van der Waals surface area (Å²) in [6, 6.07) is 9.72. The van der Waals surface area contributed by atoms with Crippen LogP contribution in [0, 0.1) is 17.0 Å². The van der Waals surface area contributed by atoms with Gasteiger partial charge in [0.05, 0.1) is 16.8 Å². The topological polar surface area (TPSA) is 80.7 Å². The number of fused-ring (bicyclic) bond motifs is 1. The van der Waals surface area contributed by atoms with E-state index in [4.69, 9.17) is 0 Å². The van der Waals surface area contributed by atoms with Crippen molar-refractivity contribution in [2.45, 2.75) is 13.0 Å². The van der Waals surface area contributed by atoms with E-state index in [1.54, 1.807) is 22.7 Å². The first-order chi connectivity index (χ1) is 10.1. The number of nitrogens with zero attached hydrogens (tertiary/aromatic N) is 3. The number of aliphatic hydroxyl groups excluding tert-OH is 1. The monoisotopic (exact) mass is 283 g/mol. The van der Waals surface area contributed by atoms with Crippen LogP contribution in [0.1, 0.15) is 22.9 Å². The summed E-state index contributed by atoms with van der Waals surface area (Å²) in [4.78, 5) is 14.4. The summed E-state index contributed by atoms with van der Waals surface area (Å²) in [7, 11) is 0. The first kappa shape index (κ1) is 13.3. The van der Waals surface area contributed by atoms with Crippen LogP contribution in [0.25, 0.3) is 5.65 Å². The van der Waals surface area contributed by atoms with Gasteiger partial charge < -0.3 is 9.51 Å². The second-order valence-corrected chi connectivity index (χ2v) is 4.87. The smallest absolute Gasteiger partial charge is 0.269 e. The van der Waals surface area contributed by atoms with Gasteiger partial charge in [-0.2, -0.15) is 0 Å². The van der Waals surface area contributed by atoms with Crippen molar-refractivity contribution in [1.29, 1.82) is 0 Å². The predicted molar refractivity (Wildman–Crippen MR) is 77.1 cm³/mol. The molecule has 1 unspecified atom stereocenters. The third-order valence-electron chi connectivity index (χ3n) is 3.40. The number of aromatic nitrogens is 2. The van der Waals surface area contributed by atoms with Crippen LogP contribution in [0.3, 0.4) is 0 Å². The van der Waals surface area contributed by atoms with E-state index >= 15 is 0 Å². The Balaban J connectivity index is 1.99. The lowest BCUT2D eigenvalue weighted by Gasteiger charge is -2.10. The van der Waals surface area contributed by atoms with E-state index in [0.717, 1.165) is 11.2 Å². The summed E-state index contributed by atoms with van der Waals surface area (Å²) in [5, 5.41) is 21.1. The van der Waals surface area contributed by atoms with E-state index in [9.17, 15) is 15.2 Å². The van der Waals surface area contributed by atoms with Crippen molar-refractivity contribution in [3.8, 4) is 0 Å². The van der Waals surface area contributed by atoms with Crippen LogP contribution in [0.4, 0.5) is 5.69 Å². The van der Waals surface area contributed by atoms with Crippen molar-refractivity contribution in [2.75, 3.05) is 0 Å². The number of non-ortho nitro benzene ring substituents is 1. The maximum atomic E-state index is 10.6. The van der Waals surface area contributed by atoms with E-state index in [1.165, 1.54) is 12.1 Å². The molecular formula is C15H13N3O3. The van der Waals surface area contributed by atoms with E-state index in [2.05, 4.69) is 4.98 Å². The fourth-order valence-corrected chi connectivity index (χ4v) is 2.25. The number of benzene rings is 1. The molecule has 3 rings (SSSR count). The van der Waals surface area contributed by atoms with Crippen LogP contribution in [-0.2, 0) is 0 Å². The fourth-order valence-electron chi connectivity index (χ4n) is 2.25. The van der Waals surface area contributed by atoms with Gasteiger partial charge >= 0.3 is 0 Å². The number of aryl methyl sites for hydroxylation is 1. The Morgan fingerprint density at radius 2 is 2.00 bits per heavy atom. The third kappa shape index (κ3) is 2.36. The van der Waals surface area contributed by atoms with Crippen LogP contribution in [0.5, 0.6) is 0 Å². The number of rotatable bonds is 3. The first-order valence-electron chi connectivity index (χ1n) is 6.42. The molecule has 0 aliphatic heterocycles. The van der Waals surface area contributed by atoms with Crippen LogP contribution in [0.15, 0.2) is 48.8 Å². The summed E-state index contributed by atoms with van der Waals surface area (Å²) in [5.41, 5.74) is 3.05. The largest absolute Gasteiger partial charge is 0.382 e. The van der Waals surface area contributed by atoms with E-state index in [-0.39, 0.29) is 5.69 Å². The molecule has 2 heterocycles. The normalized spacial score (nSPS) is 12.5. The standard InChI is InChI=1S/C15H13N3O3/c1-10-6-7-17-13(9-16-14(17)8-10)15(19)11-2-4-12(5-3-11)18(20)21/h2-9,15,19H,1H3. The fraction of sp³-hybridized carbons (Fsp3) is 0.133. The number of pyridine rings is 1. The minimum absolute atomic E-state index is 0.000262. The van der Waals surface area contributed by atoms with Gasteiger partial charge in [0.2, 0.25) is 0 Å². The molecule has 106 valence electrons. The molecular weight excluding hydrogens is 270 g/mol. The molecule has 6 heteroatoms. The maximum Gasteiger partial charge on any atom is 0.269 e. The molecule has 0 fully saturated rings. The van der Waals surface area contributed by atoms with Gasteiger partial charge in [-0.1, -0.05) is 0 Å². The third-order valence-corrected chi connectivity index (χ3v) is 3.40. The SMILES string of the molecule is Cc1ccn2c(C(O)c3ccc([N+](=O)[O-])cc3)cnc2c1. The molecule has 0 spiro atoms. The summed E-state index contributed by atoms with van der Waals surface area (Å²) < 4.78 is 1.80. The molecule has 0 bridgehead atoms. The van der Waals surface area contributed by atoms with Gasteiger partial charge in [0.15, 0.2) is 0 Å². The molecule has 1 aromatic carbocycles. The molecule has 0 aliphatic rings. The van der Waals surface area contributed by atoms with Gasteiger partial charge in [0, 0.05) is 18.3 Å². The molecule has 1 N–H and O–H groups in total. The van der Waals surface area contributed by atoms with E-state index in [0.29, 0.717) is 11.3 Å². The number of hydrogen-bond acceptors (Lipinski definition) is 4. The molecule has 0 radical (unpaired) electrons. The Labute approximate surface area is 120 Å². The molecule has 0 saturated heterocycles. The zero-order valence-electron chi connectivity index (χ0n) is 11.3. The summed E-state index contributed by atoms with van der Waals surface area (Å²) in [5.74, 6) is 0. The minimum Gasteiger partial charge on any atom is -0.382 e. The summed E-state index contributed by atoms with van der Waals surface area (Å²) >= 11 is 0. The van der Waals surface area contributed by atoms with Crippen LogP contribution in [0.2, 0.25) is 0 Å². The van der Waals surface area contributed by atoms with Crippen molar-refractivity contribution >= 4 is 11.3 Å². The second-order valence-electron chi connectivity index (χ2n) is 4.87. The molecule has 0 aliphatic carbocycles. The molecule has 3 aromatic rings. The van der Waals surface area contributed by atoms with Gasteiger partial charge in [-0.3, -0.25) is 10.1 Å². The molecule has 0 saturated carbocycles. The van der Waals surface area contributed by atoms with Crippen molar-refractivity contribution in [2.24, 2.45) is 0 Å². The highest BCUT2D eigenvalue weighted by atomic mass is 16.6. The van der Waals surface area contributed by atoms with Crippen molar-refractivity contribution < 1.29 is 10.0 Å². The Kier molecular flexibility index (Phi) is 3.15. The summed E-state index contributed by atoms with van der Waals surface area (Å²) in [6.45, 7) is 1.97. The molecule has 2 aromatic heterocycles. The minimum atomic E-state index is -0.886. The van der Waals surface area contributed by atoms with E-state index < -0.39 is 11.0 Å². The van der Waals surface area contributed by atoms with Gasteiger partial charge in [-0.15, -0.1) is 0 Å². The number of hydrogen-bond donors (Lipinski definition) is 1. The van der Waals surface area contributed by atoms with Crippen LogP contribution < -0.4 is 0 Å². The molecule has 21 heavy (non-hydrogen) atoms. The Hall–Kier alpha value is -2.73. The number of nitro benzene ring substituents is 1. The number of imidazole rings is 1. The van der Waals surface area contributed by atoms with Gasteiger partial charge in [0.25, 0.3) is 5.69 Å². The Morgan fingerprint density at radius 1 is 1.29 bits per heavy atom. The average molecular weight is 283 g/mol. The molecule has 0 amide bonds. The predicted octanol–water partition coefficient (Wildman–Crippen LogP) is 2.63. The summed E-state index contributed by atoms with van der Waals surface area (Å²) in [6.07, 6.45) is 2.58. The highest BCUT2D eigenvalue weighted by Crippen LogP contribution is 2.24. The Morgan fingerprint density at radius 3 is 2.67 bits per heavy atom. The Bertz CT molecular complexity index is 809. The first-order valence-corrected chi connectivity index (χ1v) is 6.42.